The van der Waals surface area contributed by atoms with Crippen LogP contribution in [0, 0.1) is 0 Å². The number of benzene rings is 1. The van der Waals surface area contributed by atoms with E-state index in [2.05, 4.69) is 4.74 Å². The van der Waals surface area contributed by atoms with E-state index in [1.807, 2.05) is 0 Å². The van der Waals surface area contributed by atoms with Crippen LogP contribution in [-0.2, 0) is 0 Å². The molecule has 0 amide bonds. The van der Waals surface area contributed by atoms with E-state index in [0.29, 0.717) is 0 Å². The average molecular weight is 328 g/mol. The van der Waals surface area contributed by atoms with E-state index in [1.165, 1.54) is 0 Å². The normalized spacial score (nSPS) is 13.8. The molecule has 2 nitrogen and oxygen atoms in total. The summed E-state index contributed by atoms with van der Waals surface area (Å²) in [6, 6.07) is 0.970. The zero-order valence-electron chi connectivity index (χ0n) is 9.50. The summed E-state index contributed by atoms with van der Waals surface area (Å²) in [5.74, 6) is -6.09. The quantitative estimate of drug-likeness (QED) is 0.851. The summed E-state index contributed by atoms with van der Waals surface area (Å²) in [5.41, 5.74) is 3.98. The number of rotatable bonds is 4. The standard InChI is InChI=1S/C10H8F7NO.ClH/c11-8(12)19-6-4-2-1-3-5(6)7(18)9(13,14)10(15,16)17;/h1-4,7-8H,18H2;1H/t7-;/m1./s1. The fourth-order valence-electron chi connectivity index (χ4n) is 1.31. The lowest BCUT2D eigenvalue weighted by Crippen LogP contribution is -2.46. The molecule has 1 rings (SSSR count). The molecule has 0 aromatic heterocycles. The number of ether oxygens (including phenoxy) is 1. The van der Waals surface area contributed by atoms with Crippen LogP contribution in [0.5, 0.6) is 5.75 Å². The van der Waals surface area contributed by atoms with Crippen molar-refractivity contribution in [1.82, 2.24) is 0 Å². The number of hydrogen-bond donors (Lipinski definition) is 1. The van der Waals surface area contributed by atoms with Gasteiger partial charge in [-0.2, -0.15) is 30.7 Å². The lowest BCUT2D eigenvalue weighted by Gasteiger charge is -2.27. The van der Waals surface area contributed by atoms with Gasteiger partial charge in [0, 0.05) is 5.56 Å². The topological polar surface area (TPSA) is 35.2 Å². The van der Waals surface area contributed by atoms with Crippen LogP contribution in [0.1, 0.15) is 11.6 Å². The summed E-state index contributed by atoms with van der Waals surface area (Å²) < 4.78 is 90.4. The highest BCUT2D eigenvalue weighted by Gasteiger charge is 2.62. The van der Waals surface area contributed by atoms with Gasteiger partial charge in [0.1, 0.15) is 11.8 Å². The molecule has 1 atom stereocenters. The molecule has 0 aliphatic heterocycles. The van der Waals surface area contributed by atoms with Gasteiger partial charge in [-0.1, -0.05) is 18.2 Å². The van der Waals surface area contributed by atoms with Crippen molar-refractivity contribution in [2.45, 2.75) is 24.8 Å². The van der Waals surface area contributed by atoms with Gasteiger partial charge in [-0.3, -0.25) is 0 Å². The molecule has 0 aliphatic carbocycles. The molecule has 0 heterocycles. The van der Waals surface area contributed by atoms with Crippen molar-refractivity contribution in [3.05, 3.63) is 29.8 Å². The molecular weight excluding hydrogens is 319 g/mol. The molecule has 0 saturated heterocycles. The lowest BCUT2D eigenvalue weighted by molar-refractivity contribution is -0.291. The largest absolute Gasteiger partial charge is 0.455 e. The van der Waals surface area contributed by atoms with Gasteiger partial charge in [0.15, 0.2) is 0 Å². The maximum absolute atomic E-state index is 13.0. The lowest BCUT2D eigenvalue weighted by atomic mass is 10.00. The summed E-state index contributed by atoms with van der Waals surface area (Å²) >= 11 is 0. The van der Waals surface area contributed by atoms with E-state index in [1.54, 1.807) is 0 Å². The molecule has 0 aliphatic rings. The second-order valence-corrected chi connectivity index (χ2v) is 3.51. The first-order valence-corrected chi connectivity index (χ1v) is 4.81. The molecular formula is C10H9ClF7NO. The summed E-state index contributed by atoms with van der Waals surface area (Å²) in [4.78, 5) is 0. The van der Waals surface area contributed by atoms with E-state index in [9.17, 15) is 30.7 Å². The van der Waals surface area contributed by atoms with E-state index in [-0.39, 0.29) is 12.4 Å². The fourth-order valence-corrected chi connectivity index (χ4v) is 1.31. The zero-order valence-corrected chi connectivity index (χ0v) is 10.3. The zero-order chi connectivity index (χ0) is 14.8. The Hall–Kier alpha value is -1.22. The third-order valence-electron chi connectivity index (χ3n) is 2.24. The van der Waals surface area contributed by atoms with Gasteiger partial charge < -0.3 is 10.5 Å². The first kappa shape index (κ1) is 18.8. The second-order valence-electron chi connectivity index (χ2n) is 3.51. The fraction of sp³-hybridized carbons (Fsp3) is 0.400. The van der Waals surface area contributed by atoms with Crippen molar-refractivity contribution < 1.29 is 35.5 Å². The summed E-state index contributed by atoms with van der Waals surface area (Å²) in [6.07, 6.45) is -5.90. The number of nitrogens with two attached hydrogens (primary N) is 1. The Morgan fingerprint density at radius 2 is 1.50 bits per heavy atom. The predicted octanol–water partition coefficient (Wildman–Crippen LogP) is 3.91. The van der Waals surface area contributed by atoms with Crippen molar-refractivity contribution in [2.24, 2.45) is 5.73 Å². The molecule has 1 aromatic rings. The number of alkyl halides is 7. The summed E-state index contributed by atoms with van der Waals surface area (Å²) in [6.45, 7) is -3.37. The van der Waals surface area contributed by atoms with Gasteiger partial charge in [-0.15, -0.1) is 12.4 Å². The van der Waals surface area contributed by atoms with Crippen molar-refractivity contribution >= 4 is 12.4 Å². The highest BCUT2D eigenvalue weighted by Crippen LogP contribution is 2.45. The SMILES string of the molecule is Cl.N[C@H](c1ccccc1OC(F)F)C(F)(F)C(F)(F)F. The third kappa shape index (κ3) is 3.89. The maximum Gasteiger partial charge on any atom is 0.455 e. The minimum absolute atomic E-state index is 0. The summed E-state index contributed by atoms with van der Waals surface area (Å²) in [7, 11) is 0. The molecule has 0 saturated carbocycles. The van der Waals surface area contributed by atoms with E-state index in [0.717, 1.165) is 24.3 Å². The molecule has 0 bridgehead atoms. The van der Waals surface area contributed by atoms with Gasteiger partial charge in [0.2, 0.25) is 0 Å². The highest BCUT2D eigenvalue weighted by molar-refractivity contribution is 5.85. The Labute approximate surface area is 115 Å². The van der Waals surface area contributed by atoms with E-state index >= 15 is 0 Å². The van der Waals surface area contributed by atoms with Crippen LogP contribution in [-0.4, -0.2) is 18.7 Å². The van der Waals surface area contributed by atoms with Gasteiger partial charge in [-0.25, -0.2) is 0 Å². The third-order valence-corrected chi connectivity index (χ3v) is 2.24. The van der Waals surface area contributed by atoms with Crippen LogP contribution >= 0.6 is 12.4 Å². The Kier molecular flexibility index (Phi) is 6.09. The van der Waals surface area contributed by atoms with E-state index in [4.69, 9.17) is 5.73 Å². The van der Waals surface area contributed by atoms with Crippen molar-refractivity contribution in [3.63, 3.8) is 0 Å². The van der Waals surface area contributed by atoms with Crippen LogP contribution in [0.3, 0.4) is 0 Å². The second kappa shape index (κ2) is 6.49. The molecule has 116 valence electrons. The maximum atomic E-state index is 13.0. The molecule has 1 aromatic carbocycles. The minimum atomic E-state index is -5.90. The smallest absolute Gasteiger partial charge is 0.434 e. The number of hydrogen-bond acceptors (Lipinski definition) is 2. The Bertz CT molecular complexity index is 438. The van der Waals surface area contributed by atoms with Crippen LogP contribution in [0.15, 0.2) is 24.3 Å². The van der Waals surface area contributed by atoms with E-state index < -0.39 is 36.1 Å². The van der Waals surface area contributed by atoms with Crippen LogP contribution < -0.4 is 10.5 Å². The Morgan fingerprint density at radius 1 is 1.00 bits per heavy atom. The first-order valence-electron chi connectivity index (χ1n) is 4.81. The minimum Gasteiger partial charge on any atom is -0.434 e. The molecule has 20 heavy (non-hydrogen) atoms. The molecule has 0 spiro atoms. The molecule has 2 N–H and O–H groups in total. The predicted molar refractivity (Wildman–Crippen MR) is 58.3 cm³/mol. The van der Waals surface area contributed by atoms with Gasteiger partial charge in [0.25, 0.3) is 0 Å². The Balaban J connectivity index is 0.00000361. The van der Waals surface area contributed by atoms with Gasteiger partial charge in [0.05, 0.1) is 0 Å². The summed E-state index contributed by atoms with van der Waals surface area (Å²) in [5, 5.41) is 0. The number of para-hydroxylation sites is 1. The molecule has 0 unspecified atom stereocenters. The van der Waals surface area contributed by atoms with Crippen molar-refractivity contribution in [2.75, 3.05) is 0 Å². The number of halogens is 8. The van der Waals surface area contributed by atoms with Gasteiger partial charge >= 0.3 is 18.7 Å². The van der Waals surface area contributed by atoms with Crippen LogP contribution in [0.2, 0.25) is 0 Å². The average Bonchev–Trinajstić information content (AvgIpc) is 2.26. The highest BCUT2D eigenvalue weighted by atomic mass is 35.5. The van der Waals surface area contributed by atoms with Gasteiger partial charge in [-0.05, 0) is 6.07 Å². The molecule has 0 radical (unpaired) electrons. The molecule has 10 heteroatoms. The van der Waals surface area contributed by atoms with Crippen molar-refractivity contribution in [3.8, 4) is 5.75 Å². The van der Waals surface area contributed by atoms with Crippen LogP contribution in [0.4, 0.5) is 30.7 Å². The monoisotopic (exact) mass is 327 g/mol. The van der Waals surface area contributed by atoms with Crippen molar-refractivity contribution in [1.29, 1.82) is 0 Å². The molecule has 0 fully saturated rings. The Morgan fingerprint density at radius 3 is 1.95 bits per heavy atom. The first-order chi connectivity index (χ1) is 8.57. The van der Waals surface area contributed by atoms with Crippen LogP contribution in [0.25, 0.3) is 0 Å².